The number of aromatic nitrogens is 1. The summed E-state index contributed by atoms with van der Waals surface area (Å²) in [6.07, 6.45) is 0. The minimum atomic E-state index is -3.85. The van der Waals surface area contributed by atoms with Gasteiger partial charge in [-0.1, -0.05) is 29.0 Å². The number of sulfonamides is 1. The van der Waals surface area contributed by atoms with Gasteiger partial charge in [-0.05, 0) is 55.8 Å². The van der Waals surface area contributed by atoms with E-state index in [1.54, 1.807) is 37.3 Å². The molecule has 29 heavy (non-hydrogen) atoms. The van der Waals surface area contributed by atoms with Crippen molar-refractivity contribution < 1.29 is 17.9 Å². The Morgan fingerprint density at radius 2 is 1.83 bits per heavy atom. The van der Waals surface area contributed by atoms with Crippen LogP contribution in [0.2, 0.25) is 5.02 Å². The Morgan fingerprint density at radius 1 is 1.14 bits per heavy atom. The Hall–Kier alpha value is -2.62. The monoisotopic (exact) mass is 451 g/mol. The van der Waals surface area contributed by atoms with E-state index in [0.29, 0.717) is 27.0 Å². The summed E-state index contributed by atoms with van der Waals surface area (Å²) in [6.45, 7) is 3.49. The first kappa shape index (κ1) is 21.1. The Labute approximate surface area is 177 Å². The second-order valence-corrected chi connectivity index (χ2v) is 9.25. The number of carbonyl (C=O) groups excluding carboxylic acids is 1. The molecule has 0 aliphatic heterocycles. The average Bonchev–Trinajstić information content (AvgIpc) is 3.04. The van der Waals surface area contributed by atoms with E-state index in [4.69, 9.17) is 16.3 Å². The van der Waals surface area contributed by atoms with Crippen LogP contribution in [0, 0.1) is 13.8 Å². The lowest BCUT2D eigenvalue weighted by Crippen LogP contribution is -2.12. The molecule has 0 saturated heterocycles. The summed E-state index contributed by atoms with van der Waals surface area (Å²) >= 11 is 6.94. The largest absolute Gasteiger partial charge is 0.497 e. The maximum atomic E-state index is 12.6. The smallest absolute Gasteiger partial charge is 0.267 e. The summed E-state index contributed by atoms with van der Waals surface area (Å²) in [5.74, 6) is 0.157. The number of ether oxygens (including phenoxy) is 1. The lowest BCUT2D eigenvalue weighted by molar-refractivity contribution is 0.102. The molecule has 1 aromatic heterocycles. The SMILES string of the molecule is COc1ccc(S(=O)(=O)Nc2nc(C)c(C(=O)Nc3cc(Cl)ccc3C)s2)cc1. The Bertz CT molecular complexity index is 1160. The number of rotatable bonds is 6. The highest BCUT2D eigenvalue weighted by Crippen LogP contribution is 2.28. The molecule has 152 valence electrons. The number of hydrogen-bond donors (Lipinski definition) is 2. The highest BCUT2D eigenvalue weighted by Gasteiger charge is 2.21. The third-order valence-electron chi connectivity index (χ3n) is 4.04. The van der Waals surface area contributed by atoms with Gasteiger partial charge in [-0.15, -0.1) is 0 Å². The number of methoxy groups -OCH3 is 1. The van der Waals surface area contributed by atoms with E-state index < -0.39 is 10.0 Å². The van der Waals surface area contributed by atoms with E-state index in [1.807, 2.05) is 6.92 Å². The summed E-state index contributed by atoms with van der Waals surface area (Å²) in [5.41, 5.74) is 1.85. The third-order valence-corrected chi connectivity index (χ3v) is 6.83. The van der Waals surface area contributed by atoms with Gasteiger partial charge in [0, 0.05) is 10.7 Å². The van der Waals surface area contributed by atoms with Crippen molar-refractivity contribution in [2.24, 2.45) is 0 Å². The molecule has 0 fully saturated rings. The van der Waals surface area contributed by atoms with Crippen LogP contribution in [0.1, 0.15) is 20.9 Å². The fourth-order valence-corrected chi connectivity index (χ4v) is 4.76. The van der Waals surface area contributed by atoms with Crippen molar-refractivity contribution in [2.45, 2.75) is 18.7 Å². The molecular weight excluding hydrogens is 434 g/mol. The molecular formula is C19H18ClN3O4S2. The van der Waals surface area contributed by atoms with E-state index in [1.165, 1.54) is 19.2 Å². The normalized spacial score (nSPS) is 11.2. The van der Waals surface area contributed by atoms with Crippen LogP contribution in [0.3, 0.4) is 0 Å². The average molecular weight is 452 g/mol. The number of benzene rings is 2. The molecule has 0 aliphatic rings. The van der Waals surface area contributed by atoms with Gasteiger partial charge in [-0.25, -0.2) is 13.4 Å². The predicted octanol–water partition coefficient (Wildman–Crippen LogP) is 4.48. The molecule has 2 N–H and O–H groups in total. The summed E-state index contributed by atoms with van der Waals surface area (Å²) in [5, 5.41) is 3.39. The lowest BCUT2D eigenvalue weighted by Gasteiger charge is -2.08. The predicted molar refractivity (Wildman–Crippen MR) is 115 cm³/mol. The molecule has 1 amide bonds. The quantitative estimate of drug-likeness (QED) is 0.576. The molecule has 0 atom stereocenters. The minimum Gasteiger partial charge on any atom is -0.497 e. The van der Waals surface area contributed by atoms with Crippen LogP contribution in [-0.4, -0.2) is 26.4 Å². The molecule has 1 heterocycles. The van der Waals surface area contributed by atoms with Gasteiger partial charge < -0.3 is 10.1 Å². The van der Waals surface area contributed by atoms with Gasteiger partial charge in [0.05, 0.1) is 17.7 Å². The molecule has 3 aromatic rings. The van der Waals surface area contributed by atoms with Gasteiger partial charge in [0.1, 0.15) is 10.6 Å². The fourth-order valence-electron chi connectivity index (χ4n) is 2.49. The summed E-state index contributed by atoms with van der Waals surface area (Å²) in [6, 6.07) is 11.1. The van der Waals surface area contributed by atoms with Gasteiger partial charge in [0.15, 0.2) is 5.13 Å². The zero-order valence-corrected chi connectivity index (χ0v) is 18.2. The molecule has 7 nitrogen and oxygen atoms in total. The van der Waals surface area contributed by atoms with Gasteiger partial charge in [-0.3, -0.25) is 9.52 Å². The van der Waals surface area contributed by atoms with Gasteiger partial charge in [0.2, 0.25) is 0 Å². The highest BCUT2D eigenvalue weighted by atomic mass is 35.5. The Balaban J connectivity index is 1.80. The van der Waals surface area contributed by atoms with Gasteiger partial charge in [0.25, 0.3) is 15.9 Å². The number of halogens is 1. The molecule has 0 spiro atoms. The first-order valence-corrected chi connectivity index (χ1v) is 11.1. The van der Waals surface area contributed by atoms with Crippen LogP contribution in [0.25, 0.3) is 0 Å². The number of carbonyl (C=O) groups is 1. The van der Waals surface area contributed by atoms with Crippen molar-refractivity contribution in [3.05, 3.63) is 63.6 Å². The van der Waals surface area contributed by atoms with E-state index in [9.17, 15) is 13.2 Å². The van der Waals surface area contributed by atoms with E-state index in [0.717, 1.165) is 16.9 Å². The van der Waals surface area contributed by atoms with Gasteiger partial charge in [-0.2, -0.15) is 0 Å². The van der Waals surface area contributed by atoms with Crippen molar-refractivity contribution in [3.63, 3.8) is 0 Å². The summed E-state index contributed by atoms with van der Waals surface area (Å²) in [7, 11) is -2.35. The third kappa shape index (κ3) is 4.87. The van der Waals surface area contributed by atoms with Gasteiger partial charge >= 0.3 is 0 Å². The second-order valence-electron chi connectivity index (χ2n) is 6.13. The lowest BCUT2D eigenvalue weighted by atomic mass is 10.2. The molecule has 3 rings (SSSR count). The number of hydrogen-bond acceptors (Lipinski definition) is 6. The highest BCUT2D eigenvalue weighted by molar-refractivity contribution is 7.93. The number of aryl methyl sites for hydroxylation is 2. The first-order valence-electron chi connectivity index (χ1n) is 8.41. The van der Waals surface area contributed by atoms with Crippen LogP contribution in [-0.2, 0) is 10.0 Å². The Morgan fingerprint density at radius 3 is 2.48 bits per heavy atom. The van der Waals surface area contributed by atoms with Crippen LogP contribution < -0.4 is 14.8 Å². The van der Waals surface area contributed by atoms with Crippen molar-refractivity contribution in [1.29, 1.82) is 0 Å². The van der Waals surface area contributed by atoms with E-state index in [2.05, 4.69) is 15.0 Å². The number of nitrogens with one attached hydrogen (secondary N) is 2. The number of anilines is 2. The standard InChI is InChI=1S/C19H18ClN3O4S2/c1-11-4-5-13(20)10-16(11)22-18(24)17-12(2)21-19(28-17)23-29(25,26)15-8-6-14(27-3)7-9-15/h4-10H,1-3H3,(H,21,23)(H,22,24). The van der Waals surface area contributed by atoms with E-state index >= 15 is 0 Å². The first-order chi connectivity index (χ1) is 13.7. The molecule has 0 saturated carbocycles. The van der Waals surface area contributed by atoms with Crippen molar-refractivity contribution >= 4 is 49.7 Å². The Kier molecular flexibility index (Phi) is 6.11. The van der Waals surface area contributed by atoms with Crippen molar-refractivity contribution in [1.82, 2.24) is 4.98 Å². The summed E-state index contributed by atoms with van der Waals surface area (Å²) in [4.78, 5) is 17.2. The number of nitrogens with zero attached hydrogens (tertiary/aromatic N) is 1. The van der Waals surface area contributed by atoms with Crippen LogP contribution >= 0.6 is 22.9 Å². The summed E-state index contributed by atoms with van der Waals surface area (Å²) < 4.78 is 32.6. The van der Waals surface area contributed by atoms with E-state index in [-0.39, 0.29) is 15.9 Å². The van der Waals surface area contributed by atoms with Crippen LogP contribution in [0.5, 0.6) is 5.75 Å². The number of thiazole rings is 1. The number of amides is 1. The fraction of sp³-hybridized carbons (Fsp3) is 0.158. The molecule has 0 bridgehead atoms. The van der Waals surface area contributed by atoms with Crippen molar-refractivity contribution in [2.75, 3.05) is 17.1 Å². The molecule has 0 radical (unpaired) electrons. The maximum Gasteiger partial charge on any atom is 0.267 e. The molecule has 10 heteroatoms. The zero-order chi connectivity index (χ0) is 21.2. The zero-order valence-electron chi connectivity index (χ0n) is 15.8. The van der Waals surface area contributed by atoms with Crippen LogP contribution in [0.4, 0.5) is 10.8 Å². The molecule has 2 aromatic carbocycles. The van der Waals surface area contributed by atoms with Crippen LogP contribution in [0.15, 0.2) is 47.4 Å². The molecule has 0 unspecified atom stereocenters. The maximum absolute atomic E-state index is 12.6. The minimum absolute atomic E-state index is 0.0618. The van der Waals surface area contributed by atoms with Crippen molar-refractivity contribution in [3.8, 4) is 5.75 Å². The topological polar surface area (TPSA) is 97.4 Å². The second kappa shape index (κ2) is 8.40. The molecule has 0 aliphatic carbocycles.